The van der Waals surface area contributed by atoms with Crippen LogP contribution in [0.3, 0.4) is 0 Å². The Kier molecular flexibility index (Phi) is 8.77. The van der Waals surface area contributed by atoms with E-state index in [1.165, 1.54) is 6.07 Å². The number of nitrogens with two attached hydrogens (primary N) is 2. The van der Waals surface area contributed by atoms with Gasteiger partial charge in [-0.15, -0.1) is 0 Å². The van der Waals surface area contributed by atoms with Crippen LogP contribution in [0.1, 0.15) is 42.9 Å². The van der Waals surface area contributed by atoms with Crippen molar-refractivity contribution in [3.63, 3.8) is 0 Å². The molecule has 2 aromatic carbocycles. The number of benzene rings is 2. The normalized spacial score (nSPS) is 16.4. The summed E-state index contributed by atoms with van der Waals surface area (Å²) in [6, 6.07) is 18.8. The average molecular weight is 544 g/mol. The summed E-state index contributed by atoms with van der Waals surface area (Å²) < 4.78 is 21.6. The lowest BCUT2D eigenvalue weighted by atomic mass is 9.93. The van der Waals surface area contributed by atoms with Crippen LogP contribution >= 0.6 is 0 Å². The number of fused-ring (bicyclic) bond motifs is 1. The van der Waals surface area contributed by atoms with Gasteiger partial charge in [0.15, 0.2) is 0 Å². The van der Waals surface area contributed by atoms with Crippen molar-refractivity contribution in [2.45, 2.75) is 50.6 Å². The van der Waals surface area contributed by atoms with Gasteiger partial charge in [-0.2, -0.15) is 0 Å². The van der Waals surface area contributed by atoms with Crippen LogP contribution in [0.5, 0.6) is 0 Å². The topological polar surface area (TPSA) is 99.4 Å². The molecule has 2 atom stereocenters. The lowest BCUT2D eigenvalue weighted by Crippen LogP contribution is -2.42. The van der Waals surface area contributed by atoms with Crippen LogP contribution in [0.2, 0.25) is 0 Å². The van der Waals surface area contributed by atoms with E-state index in [-0.39, 0.29) is 23.7 Å². The van der Waals surface area contributed by atoms with Gasteiger partial charge in [0.2, 0.25) is 5.91 Å². The number of piperidine rings is 1. The molecule has 210 valence electrons. The van der Waals surface area contributed by atoms with Crippen molar-refractivity contribution in [1.82, 2.24) is 14.5 Å². The molecule has 0 bridgehead atoms. The van der Waals surface area contributed by atoms with E-state index in [4.69, 9.17) is 16.2 Å². The summed E-state index contributed by atoms with van der Waals surface area (Å²) in [6.45, 7) is 2.78. The quantitative estimate of drug-likeness (QED) is 0.270. The van der Waals surface area contributed by atoms with Crippen LogP contribution in [0, 0.1) is 5.82 Å². The SMILES string of the molecule is COCCCn1c(C2CCCN(C(=O)CC(N)Cc3ccc(-c4ccc(N)nc4)cc3)C2)cc2ccc(F)cc21. The number of aromatic nitrogens is 2. The van der Waals surface area contributed by atoms with Crippen LogP contribution in [0.25, 0.3) is 22.0 Å². The molecule has 0 radical (unpaired) electrons. The lowest BCUT2D eigenvalue weighted by molar-refractivity contribution is -0.132. The highest BCUT2D eigenvalue weighted by Gasteiger charge is 2.28. The van der Waals surface area contributed by atoms with E-state index in [1.54, 1.807) is 25.4 Å². The summed E-state index contributed by atoms with van der Waals surface area (Å²) in [5.74, 6) is 0.546. The smallest absolute Gasteiger partial charge is 0.224 e. The first-order chi connectivity index (χ1) is 19.4. The molecule has 3 heterocycles. The Hall–Kier alpha value is -3.75. The van der Waals surface area contributed by atoms with Crippen molar-refractivity contribution in [2.75, 3.05) is 32.5 Å². The van der Waals surface area contributed by atoms with Crippen molar-refractivity contribution in [2.24, 2.45) is 5.73 Å². The van der Waals surface area contributed by atoms with Gasteiger partial charge in [-0.1, -0.05) is 24.3 Å². The second-order valence-corrected chi connectivity index (χ2v) is 10.8. The third-order valence-electron chi connectivity index (χ3n) is 7.83. The standard InChI is InChI=1S/C32H38FN5O2/c1-40-15-3-14-38-29(17-24-9-11-27(33)18-30(24)38)26-4-2-13-37(21-26)32(39)19-28(34)16-22-5-7-23(8-6-22)25-10-12-31(35)36-20-25/h5-12,17-18,20,26,28H,2-4,13-16,19,21,34H2,1H3,(H2,35,36). The van der Waals surface area contributed by atoms with Crippen molar-refractivity contribution < 1.29 is 13.9 Å². The van der Waals surface area contributed by atoms with Gasteiger partial charge < -0.3 is 25.7 Å². The number of carbonyl (C=O) groups is 1. The minimum atomic E-state index is -0.264. The van der Waals surface area contributed by atoms with E-state index in [9.17, 15) is 9.18 Å². The molecular formula is C32H38FN5O2. The zero-order valence-electron chi connectivity index (χ0n) is 23.1. The van der Waals surface area contributed by atoms with Gasteiger partial charge in [0.25, 0.3) is 0 Å². The molecule has 4 aromatic rings. The number of anilines is 1. The van der Waals surface area contributed by atoms with Gasteiger partial charge in [0, 0.05) is 74.6 Å². The first-order valence-electron chi connectivity index (χ1n) is 14.0. The van der Waals surface area contributed by atoms with Gasteiger partial charge in [0.05, 0.1) is 5.52 Å². The number of amides is 1. The van der Waals surface area contributed by atoms with Crippen molar-refractivity contribution in [1.29, 1.82) is 0 Å². The predicted octanol–water partition coefficient (Wildman–Crippen LogP) is 5.13. The number of likely N-dealkylation sites (tertiary alicyclic amines) is 1. The fourth-order valence-corrected chi connectivity index (χ4v) is 5.79. The minimum absolute atomic E-state index is 0.0925. The Bertz CT molecular complexity index is 1430. The lowest BCUT2D eigenvalue weighted by Gasteiger charge is -2.34. The molecule has 1 fully saturated rings. The Labute approximate surface area is 234 Å². The van der Waals surface area contributed by atoms with Gasteiger partial charge in [-0.3, -0.25) is 4.79 Å². The molecule has 4 N–H and O–H groups in total. The predicted molar refractivity (Wildman–Crippen MR) is 157 cm³/mol. The minimum Gasteiger partial charge on any atom is -0.385 e. The van der Waals surface area contributed by atoms with Crippen molar-refractivity contribution >= 4 is 22.6 Å². The van der Waals surface area contributed by atoms with Crippen molar-refractivity contribution in [3.8, 4) is 11.1 Å². The molecule has 0 aliphatic carbocycles. The molecule has 0 spiro atoms. The first kappa shape index (κ1) is 27.8. The number of hydrogen-bond acceptors (Lipinski definition) is 5. The van der Waals surface area contributed by atoms with Crippen molar-refractivity contribution in [3.05, 3.63) is 83.9 Å². The summed E-state index contributed by atoms with van der Waals surface area (Å²) in [4.78, 5) is 19.4. The summed E-state index contributed by atoms with van der Waals surface area (Å²) >= 11 is 0. The number of hydrogen-bond donors (Lipinski definition) is 2. The first-order valence-corrected chi connectivity index (χ1v) is 14.0. The van der Waals surface area contributed by atoms with Crippen LogP contribution in [0.15, 0.2) is 66.9 Å². The summed E-state index contributed by atoms with van der Waals surface area (Å²) in [6.07, 6.45) is 5.46. The molecule has 2 unspecified atom stereocenters. The maximum Gasteiger partial charge on any atom is 0.224 e. The highest BCUT2D eigenvalue weighted by molar-refractivity contribution is 5.82. The Morgan fingerprint density at radius 1 is 1.12 bits per heavy atom. The number of carbonyl (C=O) groups excluding carboxylic acids is 1. The van der Waals surface area contributed by atoms with Crippen LogP contribution < -0.4 is 11.5 Å². The van der Waals surface area contributed by atoms with E-state index >= 15 is 0 Å². The van der Waals surface area contributed by atoms with E-state index < -0.39 is 0 Å². The van der Waals surface area contributed by atoms with E-state index in [1.807, 2.05) is 29.2 Å². The van der Waals surface area contributed by atoms with E-state index in [0.29, 0.717) is 31.8 Å². The Balaban J connectivity index is 1.22. The van der Waals surface area contributed by atoms with Gasteiger partial charge >= 0.3 is 0 Å². The Morgan fingerprint density at radius 2 is 1.93 bits per heavy atom. The van der Waals surface area contributed by atoms with Crippen LogP contribution in [0.4, 0.5) is 10.2 Å². The molecule has 40 heavy (non-hydrogen) atoms. The number of nitrogen functional groups attached to an aromatic ring is 1. The maximum atomic E-state index is 14.1. The van der Waals surface area contributed by atoms with Gasteiger partial charge in [0.1, 0.15) is 11.6 Å². The fraction of sp³-hybridized carbons (Fsp3) is 0.375. The molecule has 1 saturated heterocycles. The Morgan fingerprint density at radius 3 is 2.67 bits per heavy atom. The molecule has 0 saturated carbocycles. The number of nitrogens with zero attached hydrogens (tertiary/aromatic N) is 3. The molecule has 1 aliphatic heterocycles. The largest absolute Gasteiger partial charge is 0.385 e. The molecular weight excluding hydrogens is 505 g/mol. The van der Waals surface area contributed by atoms with Crippen LogP contribution in [-0.2, 0) is 22.5 Å². The zero-order valence-corrected chi connectivity index (χ0v) is 23.1. The molecule has 1 aliphatic rings. The molecule has 1 amide bonds. The van der Waals surface area contributed by atoms with E-state index in [2.05, 4.69) is 27.8 Å². The average Bonchev–Trinajstić information content (AvgIpc) is 3.31. The number of methoxy groups -OCH3 is 1. The number of ether oxygens (including phenoxy) is 1. The van der Waals surface area contributed by atoms with Gasteiger partial charge in [-0.25, -0.2) is 9.37 Å². The van der Waals surface area contributed by atoms with Gasteiger partial charge in [-0.05, 0) is 73.2 Å². The number of pyridine rings is 1. The fourth-order valence-electron chi connectivity index (χ4n) is 5.79. The highest BCUT2D eigenvalue weighted by Crippen LogP contribution is 2.33. The third kappa shape index (κ3) is 6.51. The molecule has 2 aromatic heterocycles. The summed E-state index contributed by atoms with van der Waals surface area (Å²) in [7, 11) is 1.69. The number of rotatable bonds is 10. The monoisotopic (exact) mass is 543 g/mol. The highest BCUT2D eigenvalue weighted by atomic mass is 19.1. The van der Waals surface area contributed by atoms with Crippen LogP contribution in [-0.4, -0.2) is 53.2 Å². The zero-order chi connectivity index (χ0) is 28.1. The number of aryl methyl sites for hydroxylation is 1. The molecule has 5 rings (SSSR count). The number of halogens is 1. The second-order valence-electron chi connectivity index (χ2n) is 10.8. The summed E-state index contributed by atoms with van der Waals surface area (Å²) in [5.41, 5.74) is 17.4. The second kappa shape index (κ2) is 12.6. The molecule has 8 heteroatoms. The van der Waals surface area contributed by atoms with E-state index in [0.717, 1.165) is 65.6 Å². The maximum absolute atomic E-state index is 14.1. The third-order valence-corrected chi connectivity index (χ3v) is 7.83. The summed E-state index contributed by atoms with van der Waals surface area (Å²) in [5, 5.41) is 1.03. The molecule has 7 nitrogen and oxygen atoms in total.